The second kappa shape index (κ2) is 6.26. The van der Waals surface area contributed by atoms with Gasteiger partial charge < -0.3 is 5.11 Å². The summed E-state index contributed by atoms with van der Waals surface area (Å²) in [5.41, 5.74) is -0.426. The van der Waals surface area contributed by atoms with E-state index in [0.29, 0.717) is 16.0 Å². The first kappa shape index (κ1) is 16.8. The summed E-state index contributed by atoms with van der Waals surface area (Å²) in [5, 5.41) is 19.3. The molecule has 1 aromatic carbocycles. The summed E-state index contributed by atoms with van der Waals surface area (Å²) >= 11 is 1.23. The van der Waals surface area contributed by atoms with E-state index in [4.69, 9.17) is 10.4 Å². The number of aliphatic carboxylic acids is 1. The van der Waals surface area contributed by atoms with Gasteiger partial charge in [-0.05, 0) is 47.7 Å². The van der Waals surface area contributed by atoms with Crippen LogP contribution in [0, 0.1) is 11.3 Å². The SMILES string of the molecule is C/C(=C\c1cc(-c2ccc(C#N)c(C(F)(F)F)c2)cs1)C(=O)O. The Hall–Kier alpha value is -2.59. The zero-order valence-corrected chi connectivity index (χ0v) is 12.6. The van der Waals surface area contributed by atoms with E-state index < -0.39 is 23.3 Å². The average molecular weight is 337 g/mol. The first-order valence-electron chi connectivity index (χ1n) is 6.34. The average Bonchev–Trinajstić information content (AvgIpc) is 2.94. The number of hydrogen-bond acceptors (Lipinski definition) is 3. The summed E-state index contributed by atoms with van der Waals surface area (Å²) in [6.07, 6.45) is -3.16. The highest BCUT2D eigenvalue weighted by molar-refractivity contribution is 7.11. The molecule has 1 aromatic heterocycles. The highest BCUT2D eigenvalue weighted by atomic mass is 32.1. The summed E-state index contributed by atoms with van der Waals surface area (Å²) < 4.78 is 38.9. The van der Waals surface area contributed by atoms with Gasteiger partial charge in [0.25, 0.3) is 0 Å². The van der Waals surface area contributed by atoms with Crippen molar-refractivity contribution in [3.05, 3.63) is 51.2 Å². The van der Waals surface area contributed by atoms with E-state index >= 15 is 0 Å². The van der Waals surface area contributed by atoms with Crippen LogP contribution < -0.4 is 0 Å². The van der Waals surface area contributed by atoms with Crippen molar-refractivity contribution in [2.45, 2.75) is 13.1 Å². The lowest BCUT2D eigenvalue weighted by molar-refractivity contribution is -0.137. The fraction of sp³-hybridized carbons (Fsp3) is 0.125. The minimum Gasteiger partial charge on any atom is -0.478 e. The lowest BCUT2D eigenvalue weighted by Gasteiger charge is -2.10. The van der Waals surface area contributed by atoms with Gasteiger partial charge in [-0.2, -0.15) is 18.4 Å². The van der Waals surface area contributed by atoms with Crippen molar-refractivity contribution in [3.63, 3.8) is 0 Å². The third kappa shape index (κ3) is 3.79. The maximum atomic E-state index is 13.0. The van der Waals surface area contributed by atoms with Crippen molar-refractivity contribution in [2.75, 3.05) is 0 Å². The van der Waals surface area contributed by atoms with Crippen LogP contribution in [0.1, 0.15) is 22.9 Å². The lowest BCUT2D eigenvalue weighted by atomic mass is 10.0. The summed E-state index contributed by atoms with van der Waals surface area (Å²) in [6, 6.07) is 6.64. The van der Waals surface area contributed by atoms with Gasteiger partial charge in [-0.1, -0.05) is 6.07 Å². The zero-order valence-electron chi connectivity index (χ0n) is 11.8. The smallest absolute Gasteiger partial charge is 0.417 e. The quantitative estimate of drug-likeness (QED) is 0.819. The van der Waals surface area contributed by atoms with E-state index in [0.717, 1.165) is 12.1 Å². The number of alkyl halides is 3. The molecule has 0 bridgehead atoms. The monoisotopic (exact) mass is 337 g/mol. The van der Waals surface area contributed by atoms with E-state index in [1.807, 2.05) is 0 Å². The summed E-state index contributed by atoms with van der Waals surface area (Å²) in [4.78, 5) is 11.4. The first-order chi connectivity index (χ1) is 10.7. The number of carboxylic acid groups (broad SMARTS) is 1. The van der Waals surface area contributed by atoms with Crippen LogP contribution in [-0.2, 0) is 11.0 Å². The molecule has 0 radical (unpaired) electrons. The highest BCUT2D eigenvalue weighted by Gasteiger charge is 2.33. The molecule has 0 aliphatic rings. The number of carbonyl (C=O) groups is 1. The molecule has 0 unspecified atom stereocenters. The number of benzene rings is 1. The van der Waals surface area contributed by atoms with E-state index in [1.165, 1.54) is 36.5 Å². The summed E-state index contributed by atoms with van der Waals surface area (Å²) in [5.74, 6) is -1.06. The van der Waals surface area contributed by atoms with Gasteiger partial charge in [0, 0.05) is 10.5 Å². The van der Waals surface area contributed by atoms with Crippen LogP contribution >= 0.6 is 11.3 Å². The van der Waals surface area contributed by atoms with Gasteiger partial charge in [0.1, 0.15) is 0 Å². The first-order valence-corrected chi connectivity index (χ1v) is 7.22. The molecular formula is C16H10F3NO2S. The fourth-order valence-electron chi connectivity index (χ4n) is 1.91. The normalized spacial score (nSPS) is 12.0. The Labute approximate surface area is 133 Å². The zero-order chi connectivity index (χ0) is 17.2. The van der Waals surface area contributed by atoms with E-state index in [-0.39, 0.29) is 5.57 Å². The molecule has 0 saturated heterocycles. The molecule has 0 aliphatic carbocycles. The molecule has 23 heavy (non-hydrogen) atoms. The molecule has 0 spiro atoms. The molecule has 0 atom stereocenters. The van der Waals surface area contributed by atoms with Gasteiger partial charge in [-0.25, -0.2) is 4.79 Å². The lowest BCUT2D eigenvalue weighted by Crippen LogP contribution is -2.07. The number of nitrogens with zero attached hydrogens (tertiary/aromatic N) is 1. The van der Waals surface area contributed by atoms with Crippen LogP contribution in [0.25, 0.3) is 17.2 Å². The minimum absolute atomic E-state index is 0.134. The standard InChI is InChI=1S/C16H10F3NO2S/c1-9(15(21)22)4-13-5-12(8-23-13)10-2-3-11(7-20)14(6-10)16(17,18)19/h2-6,8H,1H3,(H,21,22)/b9-4+. The van der Waals surface area contributed by atoms with Crippen LogP contribution in [0.4, 0.5) is 13.2 Å². The highest BCUT2D eigenvalue weighted by Crippen LogP contribution is 2.36. The predicted octanol–water partition coefficient (Wildman–Crippen LogP) is 4.79. The van der Waals surface area contributed by atoms with Crippen LogP contribution in [0.5, 0.6) is 0 Å². The van der Waals surface area contributed by atoms with Crippen molar-refractivity contribution in [1.29, 1.82) is 5.26 Å². The van der Waals surface area contributed by atoms with Crippen molar-refractivity contribution in [1.82, 2.24) is 0 Å². The maximum absolute atomic E-state index is 13.0. The van der Waals surface area contributed by atoms with Crippen LogP contribution in [-0.4, -0.2) is 11.1 Å². The number of halogens is 3. The Morgan fingerprint density at radius 3 is 2.57 bits per heavy atom. The van der Waals surface area contributed by atoms with Gasteiger partial charge in [0.05, 0.1) is 17.2 Å². The Morgan fingerprint density at radius 2 is 2.00 bits per heavy atom. The summed E-state index contributed by atoms with van der Waals surface area (Å²) in [7, 11) is 0. The van der Waals surface area contributed by atoms with Crippen molar-refractivity contribution in [3.8, 4) is 17.2 Å². The summed E-state index contributed by atoms with van der Waals surface area (Å²) in [6.45, 7) is 1.44. The molecule has 2 rings (SSSR count). The number of nitriles is 1. The Kier molecular flexibility index (Phi) is 4.57. The molecular weight excluding hydrogens is 327 g/mol. The van der Waals surface area contributed by atoms with Crippen molar-refractivity contribution < 1.29 is 23.1 Å². The van der Waals surface area contributed by atoms with Crippen LogP contribution in [0.15, 0.2) is 35.2 Å². The van der Waals surface area contributed by atoms with E-state index in [1.54, 1.807) is 11.4 Å². The Balaban J connectivity index is 2.45. The second-order valence-electron chi connectivity index (χ2n) is 4.74. The van der Waals surface area contributed by atoms with Crippen LogP contribution in [0.3, 0.4) is 0 Å². The topological polar surface area (TPSA) is 61.1 Å². The Morgan fingerprint density at radius 1 is 1.30 bits per heavy atom. The fourth-order valence-corrected chi connectivity index (χ4v) is 2.82. The minimum atomic E-state index is -4.61. The molecule has 118 valence electrons. The third-order valence-corrected chi connectivity index (χ3v) is 3.97. The number of thiophene rings is 1. The largest absolute Gasteiger partial charge is 0.478 e. The predicted molar refractivity (Wildman–Crippen MR) is 80.8 cm³/mol. The molecule has 0 aliphatic heterocycles. The molecule has 7 heteroatoms. The van der Waals surface area contributed by atoms with E-state index in [2.05, 4.69) is 0 Å². The van der Waals surface area contributed by atoms with Gasteiger partial charge in [0.15, 0.2) is 0 Å². The number of carboxylic acids is 1. The van der Waals surface area contributed by atoms with Gasteiger partial charge in [-0.3, -0.25) is 0 Å². The molecule has 0 fully saturated rings. The molecule has 1 heterocycles. The van der Waals surface area contributed by atoms with Gasteiger partial charge in [0.2, 0.25) is 0 Å². The van der Waals surface area contributed by atoms with Crippen molar-refractivity contribution in [2.24, 2.45) is 0 Å². The Bertz CT molecular complexity index is 829. The molecule has 1 N–H and O–H groups in total. The molecule has 0 amide bonds. The van der Waals surface area contributed by atoms with Gasteiger partial charge >= 0.3 is 12.1 Å². The second-order valence-corrected chi connectivity index (χ2v) is 5.68. The van der Waals surface area contributed by atoms with E-state index in [9.17, 15) is 18.0 Å². The molecule has 2 aromatic rings. The van der Waals surface area contributed by atoms with Crippen molar-refractivity contribution >= 4 is 23.4 Å². The molecule has 3 nitrogen and oxygen atoms in total. The molecule has 0 saturated carbocycles. The number of rotatable bonds is 3. The van der Waals surface area contributed by atoms with Gasteiger partial charge in [-0.15, -0.1) is 11.3 Å². The third-order valence-electron chi connectivity index (χ3n) is 3.09. The van der Waals surface area contributed by atoms with Crippen LogP contribution in [0.2, 0.25) is 0 Å². The maximum Gasteiger partial charge on any atom is 0.417 e. The number of hydrogen-bond donors (Lipinski definition) is 1.